The molecule has 0 atom stereocenters. The average molecular weight is 691 g/mol. The summed E-state index contributed by atoms with van der Waals surface area (Å²) in [6.07, 6.45) is 6.42. The molecular formula is C33H48Cl2Si3Zr. The van der Waals surface area contributed by atoms with Gasteiger partial charge in [-0.25, -0.2) is 11.6 Å². The van der Waals surface area contributed by atoms with Crippen LogP contribution in [0.2, 0.25) is 13.1 Å². The Morgan fingerprint density at radius 2 is 1.28 bits per heavy atom. The number of benzene rings is 2. The predicted octanol–water partition coefficient (Wildman–Crippen LogP) is -1.36. The molecule has 2 aliphatic carbocycles. The van der Waals surface area contributed by atoms with Gasteiger partial charge in [-0.15, -0.1) is 39.5 Å². The minimum absolute atomic E-state index is 0. The Kier molecular flexibility index (Phi) is 14.8. The zero-order chi connectivity index (χ0) is 27.1. The van der Waals surface area contributed by atoms with Crippen LogP contribution in [0.25, 0.3) is 11.3 Å². The smallest absolute Gasteiger partial charge is 1.00 e. The molecule has 0 saturated heterocycles. The van der Waals surface area contributed by atoms with Gasteiger partial charge in [0.2, 0.25) is 0 Å². The summed E-state index contributed by atoms with van der Waals surface area (Å²) in [4.78, 5) is 0. The van der Waals surface area contributed by atoms with E-state index in [9.17, 15) is 0 Å². The Hall–Kier alpha value is -0.0962. The normalized spacial score (nSPS) is 16.2. The minimum Gasteiger partial charge on any atom is -1.00 e. The molecule has 39 heavy (non-hydrogen) atoms. The van der Waals surface area contributed by atoms with Gasteiger partial charge in [-0.3, -0.25) is 0 Å². The summed E-state index contributed by atoms with van der Waals surface area (Å²) in [7, 11) is 2.54. The van der Waals surface area contributed by atoms with E-state index in [0.717, 1.165) is 0 Å². The average Bonchev–Trinajstić information content (AvgIpc) is 3.35. The Labute approximate surface area is 278 Å². The van der Waals surface area contributed by atoms with E-state index in [-0.39, 0.29) is 61.8 Å². The first kappa shape index (κ1) is 38.9. The number of hydrogen-bond acceptors (Lipinski definition) is 0. The summed E-state index contributed by atoms with van der Waals surface area (Å²) in [5, 5.41) is 8.47. The van der Waals surface area contributed by atoms with Gasteiger partial charge in [0.1, 0.15) is 0 Å². The van der Waals surface area contributed by atoms with Crippen molar-refractivity contribution in [3.63, 3.8) is 0 Å². The Morgan fingerprint density at radius 3 is 1.77 bits per heavy atom. The van der Waals surface area contributed by atoms with Crippen molar-refractivity contribution >= 4 is 49.5 Å². The van der Waals surface area contributed by atoms with Crippen molar-refractivity contribution in [2.75, 3.05) is 0 Å². The molecule has 0 unspecified atom stereocenters. The van der Waals surface area contributed by atoms with Crippen molar-refractivity contribution in [1.29, 1.82) is 0 Å². The summed E-state index contributed by atoms with van der Waals surface area (Å²) in [5.74, 6) is 2.46. The van der Waals surface area contributed by atoms with Crippen molar-refractivity contribution in [3.8, 4) is 0 Å². The minimum atomic E-state index is -1.51. The monoisotopic (exact) mass is 688 g/mol. The molecule has 0 saturated carbocycles. The van der Waals surface area contributed by atoms with E-state index in [1.54, 1.807) is 5.20 Å². The second-order valence-electron chi connectivity index (χ2n) is 12.6. The van der Waals surface area contributed by atoms with Crippen LogP contribution < -0.4 is 35.3 Å². The number of rotatable bonds is 6. The molecule has 0 nitrogen and oxygen atoms in total. The molecule has 2 aliphatic rings. The summed E-state index contributed by atoms with van der Waals surface area (Å²) in [6, 6.07) is 17.8. The third kappa shape index (κ3) is 6.78. The van der Waals surface area contributed by atoms with E-state index in [0.29, 0.717) is 23.7 Å². The van der Waals surface area contributed by atoms with E-state index in [4.69, 9.17) is 0 Å². The first-order chi connectivity index (χ1) is 16.8. The Balaban J connectivity index is 0.000000701. The first-order valence-corrected chi connectivity index (χ1v) is 18.4. The maximum absolute atomic E-state index is 3.92. The van der Waals surface area contributed by atoms with Gasteiger partial charge < -0.3 is 24.8 Å². The zero-order valence-corrected chi connectivity index (χ0v) is 33.6. The third-order valence-electron chi connectivity index (χ3n) is 8.99. The molecule has 0 fully saturated rings. The van der Waals surface area contributed by atoms with E-state index in [2.05, 4.69) is 135 Å². The van der Waals surface area contributed by atoms with Crippen LogP contribution in [0.15, 0.2) is 48.5 Å². The first-order valence-electron chi connectivity index (χ1n) is 13.8. The van der Waals surface area contributed by atoms with Crippen molar-refractivity contribution in [2.45, 2.75) is 73.9 Å². The molecule has 0 aromatic heterocycles. The fourth-order valence-corrected chi connectivity index (χ4v) is 11.1. The maximum Gasteiger partial charge on any atom is 4.00 e. The van der Waals surface area contributed by atoms with Crippen molar-refractivity contribution in [2.24, 2.45) is 29.1 Å². The maximum atomic E-state index is 3.92. The third-order valence-corrected chi connectivity index (χ3v) is 15.6. The Bertz CT molecular complexity index is 1250. The summed E-state index contributed by atoms with van der Waals surface area (Å²) < 4.78 is 0. The standard InChI is InChI=1S/C18H27Si2.C15H21Si.2ClH.Zr/c1-13(2)18(14(3)4)11-15-9-7-8-10-16(15)17(18)20(5,6)12-19;1-10(2)15(11(3)4)9-14(16)12-7-5-6-8-13(12)15;;;/h7-10,12-14H,19H2,1-6H3;5-11H,16H2,1-4H3;2*1H;/q2*-1;;;+4/p-2. The van der Waals surface area contributed by atoms with Crippen LogP contribution in [0.4, 0.5) is 0 Å². The number of fused-ring (bicyclic) bond motifs is 2. The molecular weight excluding hydrogens is 643 g/mol. The number of halogens is 2. The van der Waals surface area contributed by atoms with E-state index in [1.807, 2.05) is 19.7 Å². The van der Waals surface area contributed by atoms with Gasteiger partial charge in [0.25, 0.3) is 0 Å². The predicted molar refractivity (Wildman–Crippen MR) is 171 cm³/mol. The van der Waals surface area contributed by atoms with Gasteiger partial charge in [-0.05, 0) is 27.1 Å². The molecule has 0 N–H and O–H groups in total. The summed E-state index contributed by atoms with van der Waals surface area (Å²) in [6.45, 7) is 23.8. The van der Waals surface area contributed by atoms with Crippen molar-refractivity contribution < 1.29 is 51.0 Å². The van der Waals surface area contributed by atoms with Crippen LogP contribution >= 0.6 is 0 Å². The number of hydrogen-bond donors (Lipinski definition) is 0. The van der Waals surface area contributed by atoms with Crippen LogP contribution in [0.1, 0.15) is 66.5 Å². The molecule has 4 rings (SSSR count). The largest absolute Gasteiger partial charge is 4.00 e. The SMILES string of the molecule is CC(C)C1(C(C)C)[C-]=c2ccccc2=C1[Si](C)(C)C=[SiH2].CC(C)C1(C(C)C)[CH-]C(=[SiH2])c2ccccc21.[Cl-].[Cl-].[Zr+4]. The summed E-state index contributed by atoms with van der Waals surface area (Å²) >= 11 is 0. The topological polar surface area (TPSA) is 0 Å². The van der Waals surface area contributed by atoms with Crippen molar-refractivity contribution in [3.05, 3.63) is 76.5 Å². The second kappa shape index (κ2) is 14.9. The van der Waals surface area contributed by atoms with Crippen LogP contribution in [0, 0.1) is 35.5 Å². The van der Waals surface area contributed by atoms with E-state index in [1.165, 1.54) is 26.7 Å². The quantitative estimate of drug-likeness (QED) is 0.260. The van der Waals surface area contributed by atoms with Gasteiger partial charge in [0, 0.05) is 0 Å². The molecule has 6 heteroatoms. The Morgan fingerprint density at radius 1 is 0.795 bits per heavy atom. The molecule has 0 spiro atoms. The van der Waals surface area contributed by atoms with E-state index < -0.39 is 8.07 Å². The molecule has 0 radical (unpaired) electrons. The van der Waals surface area contributed by atoms with Gasteiger partial charge in [0.05, 0.1) is 8.07 Å². The van der Waals surface area contributed by atoms with Crippen LogP contribution in [0.5, 0.6) is 0 Å². The van der Waals surface area contributed by atoms with Crippen molar-refractivity contribution in [1.82, 2.24) is 0 Å². The summed E-state index contributed by atoms with van der Waals surface area (Å²) in [5.41, 5.74) is 3.35. The molecule has 0 heterocycles. The van der Waals surface area contributed by atoms with Gasteiger partial charge in [-0.2, -0.15) is 22.9 Å². The van der Waals surface area contributed by atoms with Crippen LogP contribution in [0.3, 0.4) is 0 Å². The molecule has 0 amide bonds. The van der Waals surface area contributed by atoms with Gasteiger partial charge >= 0.3 is 26.2 Å². The second-order valence-corrected chi connectivity index (χ2v) is 18.9. The molecule has 210 valence electrons. The fourth-order valence-electron chi connectivity index (χ4n) is 7.04. The molecule has 2 aromatic carbocycles. The van der Waals surface area contributed by atoms with Crippen LogP contribution in [-0.4, -0.2) is 38.2 Å². The zero-order valence-electron chi connectivity index (χ0n) is 25.8. The van der Waals surface area contributed by atoms with E-state index >= 15 is 0 Å². The van der Waals surface area contributed by atoms with Gasteiger partial charge in [-0.1, -0.05) is 120 Å². The van der Waals surface area contributed by atoms with Crippen LogP contribution in [-0.2, 0) is 31.6 Å². The van der Waals surface area contributed by atoms with Gasteiger partial charge in [0.15, 0.2) is 0 Å². The molecule has 0 bridgehead atoms. The molecule has 2 aromatic rings. The fraction of sp³-hybridized carbons (Fsp3) is 0.485. The molecule has 0 aliphatic heterocycles.